The van der Waals surface area contributed by atoms with Crippen molar-refractivity contribution in [2.75, 3.05) is 7.11 Å². The van der Waals surface area contributed by atoms with Crippen LogP contribution in [0.5, 0.6) is 17.2 Å². The fourth-order valence-corrected chi connectivity index (χ4v) is 2.24. The van der Waals surface area contributed by atoms with Crippen LogP contribution in [0.4, 0.5) is 0 Å². The second kappa shape index (κ2) is 7.21. The molecule has 0 saturated carbocycles. The van der Waals surface area contributed by atoms with Gasteiger partial charge in [0.15, 0.2) is 0 Å². The molecule has 0 aliphatic rings. The van der Waals surface area contributed by atoms with E-state index in [1.54, 1.807) is 0 Å². The number of hydrogen-bond donors (Lipinski definition) is 3. The molecule has 2 rings (SSSR count). The molecule has 0 aliphatic heterocycles. The number of phenols is 2. The van der Waals surface area contributed by atoms with Gasteiger partial charge < -0.3 is 14.9 Å². The Kier molecular flexibility index (Phi) is 5.31. The van der Waals surface area contributed by atoms with Crippen LogP contribution < -0.4 is 10.2 Å². The van der Waals surface area contributed by atoms with Crippen LogP contribution in [-0.2, 0) is 0 Å². The van der Waals surface area contributed by atoms with Crippen molar-refractivity contribution in [2.24, 2.45) is 5.10 Å². The molecule has 0 saturated heterocycles. The Labute approximate surface area is 141 Å². The molecule has 0 fully saturated rings. The molecule has 0 radical (unpaired) electrons. The average molecular weight is 355 g/mol. The van der Waals surface area contributed by atoms with Crippen LogP contribution in [-0.4, -0.2) is 29.4 Å². The van der Waals surface area contributed by atoms with Gasteiger partial charge in [-0.25, -0.2) is 5.43 Å². The van der Waals surface area contributed by atoms with E-state index in [1.165, 1.54) is 43.7 Å². The average Bonchev–Trinajstić information content (AvgIpc) is 2.51. The van der Waals surface area contributed by atoms with Gasteiger partial charge in [-0.1, -0.05) is 23.2 Å². The quantitative estimate of drug-likeness (QED) is 0.580. The number of halogens is 2. The van der Waals surface area contributed by atoms with Gasteiger partial charge in [-0.15, -0.1) is 0 Å². The molecule has 8 heteroatoms. The lowest BCUT2D eigenvalue weighted by atomic mass is 10.2. The first-order valence-corrected chi connectivity index (χ1v) is 7.06. The van der Waals surface area contributed by atoms with E-state index in [2.05, 4.69) is 10.5 Å². The summed E-state index contributed by atoms with van der Waals surface area (Å²) in [4.78, 5) is 11.9. The van der Waals surface area contributed by atoms with Gasteiger partial charge in [0.2, 0.25) is 0 Å². The van der Waals surface area contributed by atoms with E-state index >= 15 is 0 Å². The number of amides is 1. The molecular formula is C15H12Cl2N2O4. The normalized spacial score (nSPS) is 10.7. The number of phenolic OH excluding ortho intramolecular Hbond substituents is 2. The molecule has 0 unspecified atom stereocenters. The minimum absolute atomic E-state index is 0.0244. The summed E-state index contributed by atoms with van der Waals surface area (Å²) in [7, 11) is 1.45. The Morgan fingerprint density at radius 1 is 1.26 bits per heavy atom. The lowest BCUT2D eigenvalue weighted by Gasteiger charge is -2.05. The van der Waals surface area contributed by atoms with Crippen molar-refractivity contribution in [1.82, 2.24) is 5.43 Å². The maximum atomic E-state index is 11.9. The van der Waals surface area contributed by atoms with E-state index in [4.69, 9.17) is 27.9 Å². The zero-order valence-corrected chi connectivity index (χ0v) is 13.4. The van der Waals surface area contributed by atoms with Gasteiger partial charge in [-0.2, -0.15) is 5.10 Å². The van der Waals surface area contributed by atoms with Crippen molar-refractivity contribution >= 4 is 35.3 Å². The van der Waals surface area contributed by atoms with Gasteiger partial charge in [0.1, 0.15) is 17.2 Å². The van der Waals surface area contributed by atoms with Crippen LogP contribution >= 0.6 is 23.2 Å². The van der Waals surface area contributed by atoms with Crippen molar-refractivity contribution in [3.8, 4) is 17.2 Å². The molecule has 0 atom stereocenters. The Bertz CT molecular complexity index is 778. The molecule has 0 bridgehead atoms. The summed E-state index contributed by atoms with van der Waals surface area (Å²) < 4.78 is 4.93. The van der Waals surface area contributed by atoms with Crippen LogP contribution in [0, 0.1) is 0 Å². The summed E-state index contributed by atoms with van der Waals surface area (Å²) >= 11 is 11.6. The summed E-state index contributed by atoms with van der Waals surface area (Å²) in [6, 6.07) is 7.04. The number of nitrogens with one attached hydrogen (secondary N) is 1. The predicted molar refractivity (Wildman–Crippen MR) is 87.8 cm³/mol. The minimum atomic E-state index is -0.631. The Morgan fingerprint density at radius 2 is 2.00 bits per heavy atom. The molecule has 0 spiro atoms. The monoisotopic (exact) mass is 354 g/mol. The van der Waals surface area contributed by atoms with Gasteiger partial charge in [-0.05, 0) is 24.3 Å². The van der Waals surface area contributed by atoms with E-state index in [0.717, 1.165) is 0 Å². The predicted octanol–water partition coefficient (Wildman–Crippen LogP) is 3.18. The first kappa shape index (κ1) is 16.9. The lowest BCUT2D eigenvalue weighted by molar-refractivity contribution is 0.0952. The molecule has 120 valence electrons. The van der Waals surface area contributed by atoms with Gasteiger partial charge >= 0.3 is 0 Å². The van der Waals surface area contributed by atoms with Crippen LogP contribution in [0.3, 0.4) is 0 Å². The summed E-state index contributed by atoms with van der Waals surface area (Å²) in [5, 5.41) is 23.6. The second-order valence-electron chi connectivity index (χ2n) is 4.41. The summed E-state index contributed by atoms with van der Waals surface area (Å²) in [5.41, 5.74) is 2.49. The number of carbonyl (C=O) groups is 1. The SMILES string of the molecule is COc1ccc(C(=O)NN=Cc2cc(Cl)cc(Cl)c2O)c(O)c1. The third-order valence-electron chi connectivity index (χ3n) is 2.88. The highest BCUT2D eigenvalue weighted by atomic mass is 35.5. The maximum absolute atomic E-state index is 11.9. The van der Waals surface area contributed by atoms with Crippen LogP contribution in [0.25, 0.3) is 0 Å². The third kappa shape index (κ3) is 4.06. The van der Waals surface area contributed by atoms with Crippen molar-refractivity contribution in [3.63, 3.8) is 0 Å². The Balaban J connectivity index is 2.13. The number of methoxy groups -OCH3 is 1. The molecule has 23 heavy (non-hydrogen) atoms. The standard InChI is InChI=1S/C15H12Cl2N2O4/c1-23-10-2-3-11(13(20)6-10)15(22)19-18-7-8-4-9(16)5-12(17)14(8)21/h2-7,20-21H,1H3,(H,19,22). The van der Waals surface area contributed by atoms with Gasteiger partial charge in [0.25, 0.3) is 5.91 Å². The van der Waals surface area contributed by atoms with E-state index in [0.29, 0.717) is 10.8 Å². The number of benzene rings is 2. The number of hydrogen-bond acceptors (Lipinski definition) is 5. The van der Waals surface area contributed by atoms with Crippen LogP contribution in [0.2, 0.25) is 10.0 Å². The summed E-state index contributed by atoms with van der Waals surface area (Å²) in [6.07, 6.45) is 1.19. The van der Waals surface area contributed by atoms with E-state index in [1.807, 2.05) is 0 Å². The first-order chi connectivity index (χ1) is 10.9. The molecule has 0 aliphatic carbocycles. The fourth-order valence-electron chi connectivity index (χ4n) is 1.74. The van der Waals surface area contributed by atoms with Crippen molar-refractivity contribution in [1.29, 1.82) is 0 Å². The zero-order valence-electron chi connectivity index (χ0n) is 11.9. The highest BCUT2D eigenvalue weighted by Gasteiger charge is 2.11. The molecular weight excluding hydrogens is 343 g/mol. The van der Waals surface area contributed by atoms with Crippen molar-refractivity contribution in [3.05, 3.63) is 51.5 Å². The molecule has 2 aromatic carbocycles. The molecule has 6 nitrogen and oxygen atoms in total. The molecule has 3 N–H and O–H groups in total. The van der Waals surface area contributed by atoms with E-state index in [9.17, 15) is 15.0 Å². The number of ether oxygens (including phenoxy) is 1. The van der Waals surface area contributed by atoms with E-state index in [-0.39, 0.29) is 27.6 Å². The number of hydrazone groups is 1. The van der Waals surface area contributed by atoms with Gasteiger partial charge in [-0.3, -0.25) is 4.79 Å². The lowest BCUT2D eigenvalue weighted by Crippen LogP contribution is -2.17. The zero-order chi connectivity index (χ0) is 17.0. The molecule has 0 heterocycles. The van der Waals surface area contributed by atoms with Gasteiger partial charge in [0.05, 0.1) is 23.9 Å². The summed E-state index contributed by atoms with van der Waals surface area (Å²) in [5.74, 6) is -0.665. The highest BCUT2D eigenvalue weighted by Crippen LogP contribution is 2.30. The smallest absolute Gasteiger partial charge is 0.275 e. The minimum Gasteiger partial charge on any atom is -0.507 e. The van der Waals surface area contributed by atoms with Crippen LogP contribution in [0.1, 0.15) is 15.9 Å². The molecule has 0 aromatic heterocycles. The van der Waals surface area contributed by atoms with Gasteiger partial charge in [0, 0.05) is 16.7 Å². The van der Waals surface area contributed by atoms with Crippen molar-refractivity contribution < 1.29 is 19.7 Å². The number of aromatic hydroxyl groups is 2. The maximum Gasteiger partial charge on any atom is 0.275 e. The topological polar surface area (TPSA) is 91.2 Å². The van der Waals surface area contributed by atoms with Crippen molar-refractivity contribution in [2.45, 2.75) is 0 Å². The Morgan fingerprint density at radius 3 is 2.65 bits per heavy atom. The third-order valence-corrected chi connectivity index (χ3v) is 3.38. The largest absolute Gasteiger partial charge is 0.507 e. The number of nitrogens with zero attached hydrogens (tertiary/aromatic N) is 1. The number of rotatable bonds is 4. The summed E-state index contributed by atoms with van der Waals surface area (Å²) in [6.45, 7) is 0. The highest BCUT2D eigenvalue weighted by molar-refractivity contribution is 6.36. The fraction of sp³-hybridized carbons (Fsp3) is 0.0667. The Hall–Kier alpha value is -2.44. The number of carbonyl (C=O) groups excluding carboxylic acids is 1. The van der Waals surface area contributed by atoms with Crippen LogP contribution in [0.15, 0.2) is 35.4 Å². The molecule has 2 aromatic rings. The second-order valence-corrected chi connectivity index (χ2v) is 5.25. The first-order valence-electron chi connectivity index (χ1n) is 6.30. The van der Waals surface area contributed by atoms with E-state index < -0.39 is 5.91 Å². The molecule has 1 amide bonds.